The Hall–Kier alpha value is -3.26. The lowest BCUT2D eigenvalue weighted by Gasteiger charge is -2.17. The maximum atomic E-state index is 12.8. The van der Waals surface area contributed by atoms with Crippen LogP contribution in [0.4, 0.5) is 0 Å². The molecular weight excluding hydrogens is 356 g/mol. The van der Waals surface area contributed by atoms with Crippen LogP contribution in [0, 0.1) is 20.8 Å². The van der Waals surface area contributed by atoms with E-state index >= 15 is 0 Å². The van der Waals surface area contributed by atoms with Crippen LogP contribution in [0.15, 0.2) is 6.07 Å². The van der Waals surface area contributed by atoms with Crippen LogP contribution in [0.5, 0.6) is 28.7 Å². The maximum Gasteiger partial charge on any atom is 0.347 e. The van der Waals surface area contributed by atoms with E-state index in [1.165, 1.54) is 14.0 Å². The first-order valence-corrected chi connectivity index (χ1v) is 8.12. The minimum absolute atomic E-state index is 0.0542. The van der Waals surface area contributed by atoms with Gasteiger partial charge in [-0.05, 0) is 32.4 Å². The molecule has 0 saturated heterocycles. The van der Waals surface area contributed by atoms with E-state index in [0.29, 0.717) is 16.9 Å². The number of hydrogen-bond donors (Lipinski definition) is 2. The fraction of sp³-hybridized carbons (Fsp3) is 0.263. The summed E-state index contributed by atoms with van der Waals surface area (Å²) in [5.41, 5.74) is 1.13. The van der Waals surface area contributed by atoms with E-state index in [4.69, 9.17) is 18.9 Å². The molecular formula is C19H16O8. The Morgan fingerprint density at radius 1 is 0.963 bits per heavy atom. The number of aliphatic hydroxyl groups excluding tert-OH is 1. The van der Waals surface area contributed by atoms with Crippen molar-refractivity contribution >= 4 is 11.9 Å². The number of phenols is 1. The molecule has 0 radical (unpaired) electrons. The highest BCUT2D eigenvalue weighted by atomic mass is 16.6. The summed E-state index contributed by atoms with van der Waals surface area (Å²) in [4.78, 5) is 24.8. The van der Waals surface area contributed by atoms with Gasteiger partial charge in [0.05, 0.1) is 12.7 Å². The van der Waals surface area contributed by atoms with Crippen molar-refractivity contribution in [2.75, 3.05) is 7.11 Å². The molecule has 1 atom stereocenters. The lowest BCUT2D eigenvalue weighted by molar-refractivity contribution is -0.0555. The van der Waals surface area contributed by atoms with E-state index in [2.05, 4.69) is 0 Å². The van der Waals surface area contributed by atoms with Crippen molar-refractivity contribution in [3.63, 3.8) is 0 Å². The summed E-state index contributed by atoms with van der Waals surface area (Å²) in [7, 11) is 1.49. The third-order valence-electron chi connectivity index (χ3n) is 4.82. The van der Waals surface area contributed by atoms with Gasteiger partial charge in [0.15, 0.2) is 11.5 Å². The standard InChI is InChI=1S/C19H16O8/c1-6-5-9(24-4)7(2)14-10(6)17(21)26-15-8(3)13(20)11-12(16(15)25-14)19(23)27-18(11)22/h5,19-20,23H,1-4H3. The van der Waals surface area contributed by atoms with Crippen molar-refractivity contribution in [1.82, 2.24) is 0 Å². The third-order valence-corrected chi connectivity index (χ3v) is 4.82. The molecule has 8 heteroatoms. The van der Waals surface area contributed by atoms with E-state index in [1.54, 1.807) is 19.9 Å². The SMILES string of the molecule is COc1cc(C)c2c(c1C)Oc1c(c(C)c(O)c3c1C(O)OC3=O)OC2=O. The quantitative estimate of drug-likeness (QED) is 0.581. The van der Waals surface area contributed by atoms with Gasteiger partial charge in [-0.15, -0.1) is 0 Å². The molecule has 0 aromatic heterocycles. The second-order valence-corrected chi connectivity index (χ2v) is 6.39. The average Bonchev–Trinajstić information content (AvgIpc) is 2.81. The summed E-state index contributed by atoms with van der Waals surface area (Å²) in [5.74, 6) is -1.45. The van der Waals surface area contributed by atoms with E-state index < -0.39 is 24.0 Å². The van der Waals surface area contributed by atoms with Crippen molar-refractivity contribution in [2.45, 2.75) is 27.1 Å². The summed E-state index contributed by atoms with van der Waals surface area (Å²) >= 11 is 0. The molecule has 2 N–H and O–H groups in total. The number of carbonyl (C=O) groups excluding carboxylic acids is 2. The van der Waals surface area contributed by atoms with Crippen molar-refractivity contribution in [2.24, 2.45) is 0 Å². The van der Waals surface area contributed by atoms with Crippen molar-refractivity contribution in [3.05, 3.63) is 39.4 Å². The maximum absolute atomic E-state index is 12.8. The predicted molar refractivity (Wildman–Crippen MR) is 90.7 cm³/mol. The molecule has 0 bridgehead atoms. The first-order chi connectivity index (χ1) is 12.8. The second-order valence-electron chi connectivity index (χ2n) is 6.39. The highest BCUT2D eigenvalue weighted by Crippen LogP contribution is 2.53. The van der Waals surface area contributed by atoms with Gasteiger partial charge in [0.1, 0.15) is 28.4 Å². The zero-order valence-corrected chi connectivity index (χ0v) is 15.0. The number of hydrogen-bond acceptors (Lipinski definition) is 8. The number of cyclic esters (lactones) is 1. The Balaban J connectivity index is 2.07. The fourth-order valence-electron chi connectivity index (χ4n) is 3.41. The summed E-state index contributed by atoms with van der Waals surface area (Å²) in [6.45, 7) is 4.89. The molecule has 0 spiro atoms. The van der Waals surface area contributed by atoms with Crippen LogP contribution in [0.25, 0.3) is 0 Å². The first-order valence-electron chi connectivity index (χ1n) is 8.12. The Kier molecular flexibility index (Phi) is 3.57. The van der Waals surface area contributed by atoms with Gasteiger partial charge in [0.2, 0.25) is 6.29 Å². The molecule has 8 nitrogen and oxygen atoms in total. The van der Waals surface area contributed by atoms with Crippen LogP contribution >= 0.6 is 0 Å². The number of phenolic OH excluding ortho intramolecular Hbond substituents is 1. The van der Waals surface area contributed by atoms with Crippen LogP contribution in [0.2, 0.25) is 0 Å². The van der Waals surface area contributed by atoms with Gasteiger partial charge in [-0.25, -0.2) is 9.59 Å². The van der Waals surface area contributed by atoms with Gasteiger partial charge in [-0.1, -0.05) is 0 Å². The van der Waals surface area contributed by atoms with E-state index in [-0.39, 0.29) is 39.5 Å². The number of aromatic hydroxyl groups is 1. The molecule has 27 heavy (non-hydrogen) atoms. The molecule has 2 aromatic carbocycles. The Labute approximate surface area is 153 Å². The molecule has 0 amide bonds. The molecule has 140 valence electrons. The van der Waals surface area contributed by atoms with Gasteiger partial charge >= 0.3 is 11.9 Å². The van der Waals surface area contributed by atoms with Gasteiger partial charge < -0.3 is 29.2 Å². The zero-order chi connectivity index (χ0) is 19.6. The van der Waals surface area contributed by atoms with E-state index in [0.717, 1.165) is 0 Å². The zero-order valence-electron chi connectivity index (χ0n) is 15.0. The Bertz CT molecular complexity index is 1040. The number of rotatable bonds is 1. The highest BCUT2D eigenvalue weighted by molar-refractivity contribution is 6.02. The van der Waals surface area contributed by atoms with E-state index in [1.807, 2.05) is 0 Å². The average molecular weight is 372 g/mol. The highest BCUT2D eigenvalue weighted by Gasteiger charge is 2.42. The third kappa shape index (κ3) is 2.20. The summed E-state index contributed by atoms with van der Waals surface area (Å²) < 4.78 is 21.6. The predicted octanol–water partition coefficient (Wildman–Crippen LogP) is 2.81. The van der Waals surface area contributed by atoms with Crippen molar-refractivity contribution < 1.29 is 38.7 Å². The molecule has 4 rings (SSSR count). The molecule has 2 aromatic rings. The Morgan fingerprint density at radius 2 is 1.67 bits per heavy atom. The number of carbonyl (C=O) groups is 2. The number of aryl methyl sites for hydroxylation is 1. The Morgan fingerprint density at radius 3 is 2.33 bits per heavy atom. The molecule has 0 saturated carbocycles. The second kappa shape index (κ2) is 5.62. The first kappa shape index (κ1) is 17.2. The van der Waals surface area contributed by atoms with Gasteiger partial charge in [0, 0.05) is 11.1 Å². The summed E-state index contributed by atoms with van der Waals surface area (Å²) in [6, 6.07) is 1.69. The smallest absolute Gasteiger partial charge is 0.347 e. The van der Waals surface area contributed by atoms with Crippen molar-refractivity contribution in [1.29, 1.82) is 0 Å². The van der Waals surface area contributed by atoms with Crippen molar-refractivity contribution in [3.8, 4) is 28.7 Å². The molecule has 1 unspecified atom stereocenters. The normalized spacial score (nSPS) is 17.1. The van der Waals surface area contributed by atoms with Crippen LogP contribution in [-0.4, -0.2) is 29.3 Å². The minimum atomic E-state index is -1.65. The number of benzene rings is 2. The van der Waals surface area contributed by atoms with Gasteiger partial charge in [-0.2, -0.15) is 0 Å². The minimum Gasteiger partial charge on any atom is -0.507 e. The number of fused-ring (bicyclic) bond motifs is 4. The lowest BCUT2D eigenvalue weighted by atomic mass is 10.0. The number of methoxy groups -OCH3 is 1. The molecule has 2 aliphatic rings. The molecule has 0 aliphatic carbocycles. The fourth-order valence-corrected chi connectivity index (χ4v) is 3.41. The van der Waals surface area contributed by atoms with Gasteiger partial charge in [0.25, 0.3) is 0 Å². The van der Waals surface area contributed by atoms with Crippen LogP contribution in [-0.2, 0) is 4.74 Å². The van der Waals surface area contributed by atoms with Crippen LogP contribution < -0.4 is 14.2 Å². The number of esters is 2. The number of aliphatic hydroxyl groups is 1. The molecule has 2 aliphatic heterocycles. The van der Waals surface area contributed by atoms with Gasteiger partial charge in [-0.3, -0.25) is 0 Å². The van der Waals surface area contributed by atoms with E-state index in [9.17, 15) is 19.8 Å². The summed E-state index contributed by atoms with van der Waals surface area (Å²) in [5, 5.41) is 20.5. The topological polar surface area (TPSA) is 112 Å². The number of ether oxygens (including phenoxy) is 4. The molecule has 0 fully saturated rings. The van der Waals surface area contributed by atoms with Crippen LogP contribution in [0.3, 0.4) is 0 Å². The van der Waals surface area contributed by atoms with Crippen LogP contribution in [0.1, 0.15) is 49.3 Å². The monoisotopic (exact) mass is 372 g/mol. The largest absolute Gasteiger partial charge is 0.507 e. The molecule has 2 heterocycles. The summed E-state index contributed by atoms with van der Waals surface area (Å²) in [6.07, 6.45) is -1.65. The lowest BCUT2D eigenvalue weighted by Crippen LogP contribution is -2.11.